The van der Waals surface area contributed by atoms with Crippen LogP contribution in [0.1, 0.15) is 16.9 Å². The van der Waals surface area contributed by atoms with Gasteiger partial charge in [0.05, 0.1) is 32.2 Å². The molecule has 0 aliphatic carbocycles. The summed E-state index contributed by atoms with van der Waals surface area (Å²) in [5, 5.41) is 10.6. The van der Waals surface area contributed by atoms with Crippen LogP contribution in [-0.2, 0) is 11.3 Å². The Kier molecular flexibility index (Phi) is 5.48. The summed E-state index contributed by atoms with van der Waals surface area (Å²) < 4.78 is 5.02. The number of benzene rings is 1. The van der Waals surface area contributed by atoms with Gasteiger partial charge in [-0.3, -0.25) is 14.9 Å². The first-order valence-electron chi connectivity index (χ1n) is 8.61. The monoisotopic (exact) mass is 356 g/mol. The maximum absolute atomic E-state index is 12.3. The lowest BCUT2D eigenvalue weighted by Gasteiger charge is -2.31. The Bertz CT molecular complexity index is 820. The van der Waals surface area contributed by atoms with E-state index < -0.39 is 4.92 Å². The molecule has 0 radical (unpaired) electrons. The molecule has 1 aromatic carbocycles. The van der Waals surface area contributed by atoms with Gasteiger partial charge < -0.3 is 14.2 Å². The molecule has 7 nitrogen and oxygen atoms in total. The maximum Gasteiger partial charge on any atom is 0.433 e. The fourth-order valence-electron chi connectivity index (χ4n) is 3.12. The normalized spacial score (nSPS) is 15.5. The van der Waals surface area contributed by atoms with Crippen molar-refractivity contribution in [3.63, 3.8) is 0 Å². The summed E-state index contributed by atoms with van der Waals surface area (Å²) in [4.78, 5) is 25.5. The van der Waals surface area contributed by atoms with Crippen LogP contribution in [0.4, 0.5) is 5.88 Å². The van der Waals surface area contributed by atoms with E-state index in [4.69, 9.17) is 4.42 Å². The summed E-state index contributed by atoms with van der Waals surface area (Å²) in [7, 11) is 0. The minimum absolute atomic E-state index is 0.0985. The lowest BCUT2D eigenvalue weighted by atomic mass is 10.1. The number of nitrogens with zero attached hydrogens (tertiary/aromatic N) is 2. The van der Waals surface area contributed by atoms with Gasteiger partial charge in [0, 0.05) is 11.6 Å². The lowest BCUT2D eigenvalue weighted by molar-refractivity contribution is -0.917. The van der Waals surface area contributed by atoms with Crippen molar-refractivity contribution in [1.29, 1.82) is 0 Å². The van der Waals surface area contributed by atoms with Crippen LogP contribution in [0, 0.1) is 17.0 Å². The van der Waals surface area contributed by atoms with Gasteiger partial charge in [0.25, 0.3) is 0 Å². The van der Waals surface area contributed by atoms with E-state index in [2.05, 4.69) is 31.2 Å². The summed E-state index contributed by atoms with van der Waals surface area (Å²) >= 11 is 0. The van der Waals surface area contributed by atoms with E-state index in [9.17, 15) is 14.9 Å². The van der Waals surface area contributed by atoms with E-state index in [1.54, 1.807) is 4.90 Å². The number of amides is 1. The SMILES string of the molecule is Cc1cccc(C[NH+]2CCN(C(=O)/C=C/c3ccc([N+](=O)[O-])o3)CC2)c1. The second kappa shape index (κ2) is 7.97. The zero-order valence-corrected chi connectivity index (χ0v) is 14.7. The number of carbonyl (C=O) groups is 1. The molecule has 0 spiro atoms. The summed E-state index contributed by atoms with van der Waals surface area (Å²) in [5.74, 6) is -0.127. The molecule has 0 bridgehead atoms. The topological polar surface area (TPSA) is 81.0 Å². The van der Waals surface area contributed by atoms with E-state index >= 15 is 0 Å². The van der Waals surface area contributed by atoms with Crippen molar-refractivity contribution in [2.45, 2.75) is 13.5 Å². The number of nitrogens with one attached hydrogen (secondary N) is 1. The first-order chi connectivity index (χ1) is 12.5. The molecule has 0 saturated carbocycles. The van der Waals surface area contributed by atoms with Crippen molar-refractivity contribution in [1.82, 2.24) is 4.90 Å². The Morgan fingerprint density at radius 1 is 1.31 bits per heavy atom. The van der Waals surface area contributed by atoms with Gasteiger partial charge in [-0.25, -0.2) is 0 Å². The van der Waals surface area contributed by atoms with Gasteiger partial charge in [-0.2, -0.15) is 0 Å². The molecule has 1 amide bonds. The number of furan rings is 1. The zero-order valence-electron chi connectivity index (χ0n) is 14.7. The van der Waals surface area contributed by atoms with Crippen LogP contribution in [-0.4, -0.2) is 41.9 Å². The second-order valence-corrected chi connectivity index (χ2v) is 6.51. The smallest absolute Gasteiger partial charge is 0.401 e. The molecule has 1 saturated heterocycles. The Hall–Kier alpha value is -2.93. The van der Waals surface area contributed by atoms with Crippen LogP contribution in [0.2, 0.25) is 0 Å². The number of hydrogen-bond donors (Lipinski definition) is 1. The van der Waals surface area contributed by atoms with Gasteiger partial charge in [0.2, 0.25) is 5.91 Å². The van der Waals surface area contributed by atoms with Crippen LogP contribution in [0.3, 0.4) is 0 Å². The van der Waals surface area contributed by atoms with Crippen molar-refractivity contribution in [2.24, 2.45) is 0 Å². The summed E-state index contributed by atoms with van der Waals surface area (Å²) in [6.07, 6.45) is 2.88. The number of aryl methyl sites for hydroxylation is 1. The van der Waals surface area contributed by atoms with Gasteiger partial charge in [-0.1, -0.05) is 29.8 Å². The molecule has 1 N–H and O–H groups in total. The quantitative estimate of drug-likeness (QED) is 0.499. The van der Waals surface area contributed by atoms with E-state index in [1.807, 2.05) is 0 Å². The van der Waals surface area contributed by atoms with Crippen molar-refractivity contribution < 1.29 is 19.0 Å². The van der Waals surface area contributed by atoms with Crippen LogP contribution < -0.4 is 4.90 Å². The molecule has 0 atom stereocenters. The third-order valence-corrected chi connectivity index (χ3v) is 4.50. The standard InChI is InChI=1S/C19H21N3O4/c1-15-3-2-4-16(13-15)14-20-9-11-21(12-10-20)18(23)7-5-17-6-8-19(26-17)22(24)25/h2-8,13H,9-12,14H2,1H3/p+1/b7-5+. The Morgan fingerprint density at radius 2 is 2.08 bits per heavy atom. The second-order valence-electron chi connectivity index (χ2n) is 6.51. The first-order valence-corrected chi connectivity index (χ1v) is 8.61. The van der Waals surface area contributed by atoms with Gasteiger partial charge in [0.1, 0.15) is 17.2 Å². The van der Waals surface area contributed by atoms with Gasteiger partial charge in [0.15, 0.2) is 0 Å². The number of piperazine rings is 1. The minimum Gasteiger partial charge on any atom is -0.401 e. The van der Waals surface area contributed by atoms with Gasteiger partial charge in [-0.15, -0.1) is 0 Å². The number of quaternary nitrogens is 1. The molecular weight excluding hydrogens is 334 g/mol. The summed E-state index contributed by atoms with van der Waals surface area (Å²) in [6, 6.07) is 11.3. The molecule has 7 heteroatoms. The lowest BCUT2D eigenvalue weighted by Crippen LogP contribution is -3.13. The van der Waals surface area contributed by atoms with Crippen LogP contribution in [0.15, 0.2) is 46.9 Å². The van der Waals surface area contributed by atoms with Gasteiger partial charge >= 0.3 is 5.88 Å². The Morgan fingerprint density at radius 3 is 2.73 bits per heavy atom. The highest BCUT2D eigenvalue weighted by molar-refractivity contribution is 5.91. The molecule has 1 aliphatic heterocycles. The third kappa shape index (κ3) is 4.58. The van der Waals surface area contributed by atoms with E-state index in [0.29, 0.717) is 18.8 Å². The van der Waals surface area contributed by atoms with Crippen molar-refractivity contribution in [3.8, 4) is 0 Å². The van der Waals surface area contributed by atoms with Crippen molar-refractivity contribution >= 4 is 17.9 Å². The predicted octanol–water partition coefficient (Wildman–Crippen LogP) is 1.44. The molecule has 2 aromatic rings. The fraction of sp³-hybridized carbons (Fsp3) is 0.316. The molecule has 26 heavy (non-hydrogen) atoms. The van der Waals surface area contributed by atoms with Gasteiger partial charge in [-0.05, 0) is 19.1 Å². The van der Waals surface area contributed by atoms with E-state index in [0.717, 1.165) is 19.6 Å². The summed E-state index contributed by atoms with van der Waals surface area (Å²) in [5.41, 5.74) is 2.58. The maximum atomic E-state index is 12.3. The molecular formula is C19H22N3O4+. The van der Waals surface area contributed by atoms with Crippen LogP contribution in [0.25, 0.3) is 6.08 Å². The third-order valence-electron chi connectivity index (χ3n) is 4.50. The number of hydrogen-bond acceptors (Lipinski definition) is 4. The number of carbonyl (C=O) groups excluding carboxylic acids is 1. The molecule has 1 fully saturated rings. The van der Waals surface area contributed by atoms with Crippen molar-refractivity contribution in [2.75, 3.05) is 26.2 Å². The average molecular weight is 356 g/mol. The fourth-order valence-corrected chi connectivity index (χ4v) is 3.12. The Labute approximate surface area is 151 Å². The van der Waals surface area contributed by atoms with E-state index in [-0.39, 0.29) is 11.8 Å². The average Bonchev–Trinajstić information content (AvgIpc) is 3.10. The number of nitro groups is 1. The highest BCUT2D eigenvalue weighted by Crippen LogP contribution is 2.16. The molecule has 0 unspecified atom stereocenters. The highest BCUT2D eigenvalue weighted by Gasteiger charge is 2.22. The van der Waals surface area contributed by atoms with E-state index in [1.165, 1.54) is 40.3 Å². The molecule has 136 valence electrons. The van der Waals surface area contributed by atoms with Crippen molar-refractivity contribution in [3.05, 3.63) is 69.5 Å². The first kappa shape index (κ1) is 17.9. The molecule has 1 aromatic heterocycles. The molecule has 1 aliphatic rings. The number of rotatable bonds is 5. The largest absolute Gasteiger partial charge is 0.433 e. The summed E-state index contributed by atoms with van der Waals surface area (Å²) in [6.45, 7) is 6.26. The zero-order chi connectivity index (χ0) is 18.5. The molecule has 3 rings (SSSR count). The Balaban J connectivity index is 1.50. The van der Waals surface area contributed by atoms with Crippen LogP contribution >= 0.6 is 0 Å². The van der Waals surface area contributed by atoms with Crippen LogP contribution in [0.5, 0.6) is 0 Å². The predicted molar refractivity (Wildman–Crippen MR) is 96.6 cm³/mol. The molecule has 2 heterocycles. The highest BCUT2D eigenvalue weighted by atomic mass is 16.6. The minimum atomic E-state index is -0.602.